The first-order chi connectivity index (χ1) is 12.8. The van der Waals surface area contributed by atoms with Gasteiger partial charge in [-0.3, -0.25) is 0 Å². The predicted octanol–water partition coefficient (Wildman–Crippen LogP) is 7.70. The van der Waals surface area contributed by atoms with Crippen LogP contribution in [0.4, 0.5) is 0 Å². The van der Waals surface area contributed by atoms with Crippen LogP contribution in [-0.4, -0.2) is 29.6 Å². The lowest BCUT2D eigenvalue weighted by atomic mass is 10.0. The second-order valence-corrected chi connectivity index (χ2v) is 8.42. The van der Waals surface area contributed by atoms with Crippen LogP contribution in [-0.2, 0) is 0 Å². The second kappa shape index (κ2) is 16.5. The third kappa shape index (κ3) is 11.1. The summed E-state index contributed by atoms with van der Waals surface area (Å²) in [5, 5.41) is 0. The van der Waals surface area contributed by atoms with Crippen LogP contribution >= 0.6 is 0 Å². The van der Waals surface area contributed by atoms with Crippen molar-refractivity contribution in [2.75, 3.05) is 13.6 Å². The molecule has 0 fully saturated rings. The van der Waals surface area contributed by atoms with Gasteiger partial charge < -0.3 is 9.80 Å². The van der Waals surface area contributed by atoms with Crippen molar-refractivity contribution in [1.82, 2.24) is 9.80 Å². The van der Waals surface area contributed by atoms with Gasteiger partial charge in [-0.15, -0.1) is 0 Å². The van der Waals surface area contributed by atoms with Crippen LogP contribution < -0.4 is 0 Å². The summed E-state index contributed by atoms with van der Waals surface area (Å²) in [6.07, 6.45) is 29.3. The topological polar surface area (TPSA) is 6.48 Å². The summed E-state index contributed by atoms with van der Waals surface area (Å²) in [7, 11) is 2.24. The quantitative estimate of drug-likeness (QED) is 0.230. The highest BCUT2D eigenvalue weighted by Gasteiger charge is 2.22. The number of rotatable bonds is 18. The van der Waals surface area contributed by atoms with Crippen LogP contribution in [0.2, 0.25) is 0 Å². The number of unbranched alkanes of at least 4 members (excludes halogenated alkanes) is 14. The zero-order valence-electron chi connectivity index (χ0n) is 18.4. The molecule has 0 bridgehead atoms. The van der Waals surface area contributed by atoms with Crippen molar-refractivity contribution in [3.8, 4) is 0 Å². The van der Waals surface area contributed by atoms with Gasteiger partial charge in [-0.25, -0.2) is 0 Å². The third-order valence-electron chi connectivity index (χ3n) is 5.93. The number of nitrogens with zero attached hydrogens (tertiary/aromatic N) is 2. The molecule has 0 saturated heterocycles. The Morgan fingerprint density at radius 1 is 0.577 bits per heavy atom. The molecule has 1 unspecified atom stereocenters. The van der Waals surface area contributed by atoms with Crippen molar-refractivity contribution in [1.29, 1.82) is 0 Å². The maximum absolute atomic E-state index is 2.58. The van der Waals surface area contributed by atoms with Crippen LogP contribution in [0, 0.1) is 0 Å². The Morgan fingerprint density at radius 3 is 1.58 bits per heavy atom. The van der Waals surface area contributed by atoms with Crippen molar-refractivity contribution in [3.05, 3.63) is 12.4 Å². The summed E-state index contributed by atoms with van der Waals surface area (Å²) in [4.78, 5) is 4.99. The Morgan fingerprint density at radius 2 is 1.04 bits per heavy atom. The van der Waals surface area contributed by atoms with Crippen LogP contribution in [0.3, 0.4) is 0 Å². The van der Waals surface area contributed by atoms with Gasteiger partial charge in [0.05, 0.1) is 0 Å². The SMILES string of the molecule is CCCCCCCCCCCCCCC1N(C)C=CN1CCCCCC. The second-order valence-electron chi connectivity index (χ2n) is 8.42. The monoisotopic (exact) mass is 364 g/mol. The van der Waals surface area contributed by atoms with E-state index in [0.717, 1.165) is 0 Å². The van der Waals surface area contributed by atoms with E-state index in [1.807, 2.05) is 0 Å². The van der Waals surface area contributed by atoms with Gasteiger partial charge in [0.1, 0.15) is 6.17 Å². The Kier molecular flexibility index (Phi) is 14.8. The van der Waals surface area contributed by atoms with E-state index >= 15 is 0 Å². The molecule has 0 aromatic rings. The molecule has 1 rings (SSSR count). The molecule has 0 aliphatic carbocycles. The highest BCUT2D eigenvalue weighted by Crippen LogP contribution is 2.21. The molecule has 1 aliphatic heterocycles. The average molecular weight is 365 g/mol. The number of hydrogen-bond acceptors (Lipinski definition) is 2. The van der Waals surface area contributed by atoms with E-state index in [4.69, 9.17) is 0 Å². The maximum Gasteiger partial charge on any atom is 0.100 e. The third-order valence-corrected chi connectivity index (χ3v) is 5.93. The lowest BCUT2D eigenvalue weighted by molar-refractivity contribution is 0.159. The molecule has 2 nitrogen and oxygen atoms in total. The molecule has 0 spiro atoms. The highest BCUT2D eigenvalue weighted by molar-refractivity contribution is 4.95. The summed E-state index contributed by atoms with van der Waals surface area (Å²) >= 11 is 0. The molecular formula is C24H48N2. The van der Waals surface area contributed by atoms with Crippen molar-refractivity contribution in [3.63, 3.8) is 0 Å². The molecule has 0 saturated carbocycles. The van der Waals surface area contributed by atoms with Crippen LogP contribution in [0.5, 0.6) is 0 Å². The van der Waals surface area contributed by atoms with Gasteiger partial charge >= 0.3 is 0 Å². The Hall–Kier alpha value is -0.660. The molecule has 154 valence electrons. The lowest BCUT2D eigenvalue weighted by Gasteiger charge is -2.30. The van der Waals surface area contributed by atoms with Crippen molar-refractivity contribution in [2.24, 2.45) is 0 Å². The van der Waals surface area contributed by atoms with Gasteiger partial charge in [-0.1, -0.05) is 104 Å². The van der Waals surface area contributed by atoms with Gasteiger partial charge in [0.2, 0.25) is 0 Å². The van der Waals surface area contributed by atoms with E-state index in [-0.39, 0.29) is 0 Å². The Bertz CT molecular complexity index is 326. The molecule has 1 atom stereocenters. The summed E-state index contributed by atoms with van der Waals surface area (Å²) in [5.41, 5.74) is 0. The zero-order chi connectivity index (χ0) is 18.9. The smallest absolute Gasteiger partial charge is 0.100 e. The average Bonchev–Trinajstić information content (AvgIpc) is 2.99. The lowest BCUT2D eigenvalue weighted by Crippen LogP contribution is -2.37. The summed E-state index contributed by atoms with van der Waals surface area (Å²) < 4.78 is 0. The van der Waals surface area contributed by atoms with Gasteiger partial charge in [0, 0.05) is 26.0 Å². The molecule has 1 aliphatic rings. The summed E-state index contributed by atoms with van der Waals surface area (Å²) in [5.74, 6) is 0. The predicted molar refractivity (Wildman–Crippen MR) is 117 cm³/mol. The molecule has 26 heavy (non-hydrogen) atoms. The van der Waals surface area contributed by atoms with Crippen molar-refractivity contribution in [2.45, 2.75) is 129 Å². The summed E-state index contributed by atoms with van der Waals surface area (Å²) in [6.45, 7) is 5.83. The van der Waals surface area contributed by atoms with Gasteiger partial charge in [-0.2, -0.15) is 0 Å². The summed E-state index contributed by atoms with van der Waals surface area (Å²) in [6, 6.07) is 0. The Balaban J connectivity index is 1.94. The van der Waals surface area contributed by atoms with Crippen LogP contribution in [0.25, 0.3) is 0 Å². The minimum atomic E-state index is 0.625. The van der Waals surface area contributed by atoms with Gasteiger partial charge in [0.25, 0.3) is 0 Å². The normalized spacial score (nSPS) is 16.8. The highest BCUT2D eigenvalue weighted by atomic mass is 15.4. The van der Waals surface area contributed by atoms with E-state index in [2.05, 4.69) is 43.1 Å². The standard InChI is InChI=1S/C24H48N2/c1-4-6-8-10-11-12-13-14-15-16-17-18-20-24-25(3)22-23-26(24)21-19-9-7-5-2/h22-24H,4-21H2,1-3H3. The molecule has 0 aromatic carbocycles. The van der Waals surface area contributed by atoms with Crippen LogP contribution in [0.1, 0.15) is 123 Å². The van der Waals surface area contributed by atoms with Crippen LogP contribution in [0.15, 0.2) is 12.4 Å². The molecular weight excluding hydrogens is 316 g/mol. The maximum atomic E-state index is 2.58. The molecule has 1 heterocycles. The minimum Gasteiger partial charge on any atom is -0.359 e. The first-order valence-electron chi connectivity index (χ1n) is 12.0. The first kappa shape index (κ1) is 23.4. The largest absolute Gasteiger partial charge is 0.359 e. The Labute approximate surface area is 165 Å². The molecule has 2 heteroatoms. The van der Waals surface area contributed by atoms with Gasteiger partial charge in [-0.05, 0) is 19.3 Å². The molecule has 0 radical (unpaired) electrons. The number of hydrogen-bond donors (Lipinski definition) is 0. The van der Waals surface area contributed by atoms with Gasteiger partial charge in [0.15, 0.2) is 0 Å². The molecule has 0 N–H and O–H groups in total. The fourth-order valence-corrected chi connectivity index (χ4v) is 4.11. The molecule has 0 aromatic heterocycles. The first-order valence-corrected chi connectivity index (χ1v) is 12.0. The van der Waals surface area contributed by atoms with E-state index in [9.17, 15) is 0 Å². The van der Waals surface area contributed by atoms with E-state index in [1.165, 1.54) is 116 Å². The van der Waals surface area contributed by atoms with E-state index in [0.29, 0.717) is 6.17 Å². The zero-order valence-corrected chi connectivity index (χ0v) is 18.4. The minimum absolute atomic E-state index is 0.625. The fourth-order valence-electron chi connectivity index (χ4n) is 4.11. The fraction of sp³-hybridized carbons (Fsp3) is 0.917. The van der Waals surface area contributed by atoms with E-state index < -0.39 is 0 Å². The molecule has 0 amide bonds. The van der Waals surface area contributed by atoms with Crippen molar-refractivity contribution < 1.29 is 0 Å². The van der Waals surface area contributed by atoms with Crippen molar-refractivity contribution >= 4 is 0 Å². The van der Waals surface area contributed by atoms with E-state index in [1.54, 1.807) is 0 Å².